The zero-order valence-corrected chi connectivity index (χ0v) is 19.7. The Balaban J connectivity index is 1.40. The van der Waals surface area contributed by atoms with Gasteiger partial charge in [-0.05, 0) is 49.6 Å². The zero-order chi connectivity index (χ0) is 24.8. The lowest BCUT2D eigenvalue weighted by atomic mass is 9.77. The van der Waals surface area contributed by atoms with Gasteiger partial charge in [0, 0.05) is 31.6 Å². The molecule has 2 aliphatic rings. The van der Waals surface area contributed by atoms with Gasteiger partial charge in [0.15, 0.2) is 0 Å². The van der Waals surface area contributed by atoms with E-state index in [-0.39, 0.29) is 12.5 Å². The minimum Gasteiger partial charge on any atom is -0.386 e. The lowest BCUT2D eigenvalue weighted by Crippen LogP contribution is -2.59. The maximum atomic E-state index is 13.0. The third-order valence-electron chi connectivity index (χ3n) is 7.51. The summed E-state index contributed by atoms with van der Waals surface area (Å²) in [7, 11) is 0. The molecule has 0 bridgehead atoms. The van der Waals surface area contributed by atoms with Crippen molar-refractivity contribution in [3.8, 4) is 0 Å². The van der Waals surface area contributed by atoms with E-state index in [1.54, 1.807) is 43.3 Å². The first-order chi connectivity index (χ1) is 16.7. The summed E-state index contributed by atoms with van der Waals surface area (Å²) in [6.07, 6.45) is 1.56. The highest BCUT2D eigenvalue weighted by atomic mass is 16.5. The Morgan fingerprint density at radius 2 is 1.83 bits per heavy atom. The van der Waals surface area contributed by atoms with Crippen LogP contribution in [0.4, 0.5) is 0 Å². The van der Waals surface area contributed by atoms with Gasteiger partial charge in [0.1, 0.15) is 5.60 Å². The number of nitrogens with zero attached hydrogens (tertiary/aromatic N) is 2. The van der Waals surface area contributed by atoms with Gasteiger partial charge in [-0.25, -0.2) is 4.79 Å². The molecule has 184 valence electrons. The van der Waals surface area contributed by atoms with Crippen molar-refractivity contribution in [2.24, 2.45) is 5.73 Å². The lowest BCUT2D eigenvalue weighted by molar-refractivity contribution is -0.199. The van der Waals surface area contributed by atoms with Gasteiger partial charge in [-0.1, -0.05) is 24.3 Å². The number of H-pyrrole nitrogens is 1. The number of piperidine rings is 1. The fourth-order valence-corrected chi connectivity index (χ4v) is 5.35. The Bertz CT molecular complexity index is 1370. The molecule has 5 rings (SSSR count). The van der Waals surface area contributed by atoms with Crippen LogP contribution in [-0.2, 0) is 11.3 Å². The number of para-hydroxylation sites is 1. The average molecular weight is 479 g/mol. The Hall–Kier alpha value is -3.27. The predicted octanol–water partition coefficient (Wildman–Crippen LogP) is 1.54. The number of hydrogen-bond acceptors (Lipinski definition) is 6. The van der Waals surface area contributed by atoms with Crippen molar-refractivity contribution in [1.82, 2.24) is 14.5 Å². The van der Waals surface area contributed by atoms with Crippen LogP contribution in [-0.4, -0.2) is 56.4 Å². The molecule has 2 atom stereocenters. The molecule has 2 aliphatic heterocycles. The number of aliphatic hydroxyl groups is 1. The molecule has 0 saturated carbocycles. The van der Waals surface area contributed by atoms with Crippen LogP contribution in [0.3, 0.4) is 0 Å². The van der Waals surface area contributed by atoms with Gasteiger partial charge < -0.3 is 20.5 Å². The van der Waals surface area contributed by atoms with Crippen molar-refractivity contribution >= 4 is 16.8 Å². The van der Waals surface area contributed by atoms with Gasteiger partial charge >= 0.3 is 5.69 Å². The van der Waals surface area contributed by atoms with E-state index >= 15 is 0 Å². The summed E-state index contributed by atoms with van der Waals surface area (Å²) in [5, 5.41) is 11.6. The number of carbonyl (C=O) groups excluding carboxylic acids is 1. The van der Waals surface area contributed by atoms with Gasteiger partial charge in [-0.3, -0.25) is 19.1 Å². The number of amides is 1. The van der Waals surface area contributed by atoms with Crippen LogP contribution in [0.1, 0.15) is 48.1 Å². The molecule has 9 nitrogen and oxygen atoms in total. The fraction of sp³-hybridized carbons (Fsp3) is 0.423. The van der Waals surface area contributed by atoms with Crippen LogP contribution < -0.4 is 17.0 Å². The van der Waals surface area contributed by atoms with Crippen molar-refractivity contribution in [2.45, 2.75) is 50.0 Å². The molecular weight excluding hydrogens is 448 g/mol. The highest BCUT2D eigenvalue weighted by Gasteiger charge is 2.50. The normalized spacial score (nSPS) is 24.1. The summed E-state index contributed by atoms with van der Waals surface area (Å²) in [5.74, 6) is -0.0365. The number of hydrogen-bond donors (Lipinski definition) is 3. The molecule has 0 unspecified atom stereocenters. The Kier molecular flexibility index (Phi) is 5.86. The first-order valence-electron chi connectivity index (χ1n) is 11.9. The average Bonchev–Trinajstić information content (AvgIpc) is 2.86. The Morgan fingerprint density at radius 3 is 2.51 bits per heavy atom. The third-order valence-corrected chi connectivity index (χ3v) is 7.51. The zero-order valence-electron chi connectivity index (χ0n) is 19.7. The van der Waals surface area contributed by atoms with Crippen LogP contribution in [0.5, 0.6) is 0 Å². The van der Waals surface area contributed by atoms with E-state index in [1.165, 1.54) is 4.57 Å². The molecule has 35 heavy (non-hydrogen) atoms. The van der Waals surface area contributed by atoms with Crippen LogP contribution in [0, 0.1) is 0 Å². The van der Waals surface area contributed by atoms with Crippen molar-refractivity contribution in [1.29, 1.82) is 0 Å². The van der Waals surface area contributed by atoms with Crippen LogP contribution in [0.15, 0.2) is 58.1 Å². The molecule has 1 aromatic heterocycles. The molecule has 3 heterocycles. The number of rotatable bonds is 3. The maximum Gasteiger partial charge on any atom is 0.329 e. The number of nitrogens with one attached hydrogen (secondary N) is 1. The van der Waals surface area contributed by atoms with Gasteiger partial charge in [-0.2, -0.15) is 0 Å². The van der Waals surface area contributed by atoms with Crippen LogP contribution >= 0.6 is 0 Å². The predicted molar refractivity (Wildman–Crippen MR) is 131 cm³/mol. The van der Waals surface area contributed by atoms with Gasteiger partial charge in [0.25, 0.3) is 11.5 Å². The first kappa shape index (κ1) is 23.5. The van der Waals surface area contributed by atoms with E-state index in [1.807, 2.05) is 17.0 Å². The highest BCUT2D eigenvalue weighted by Crippen LogP contribution is 2.44. The Labute approximate surface area is 202 Å². The summed E-state index contributed by atoms with van der Waals surface area (Å²) in [6, 6.07) is 13.6. The van der Waals surface area contributed by atoms with Crippen LogP contribution in [0.2, 0.25) is 0 Å². The second-order valence-corrected chi connectivity index (χ2v) is 9.89. The number of ether oxygens (including phenoxy) is 1. The number of likely N-dealkylation sites (tertiary alicyclic amines) is 1. The van der Waals surface area contributed by atoms with E-state index in [9.17, 15) is 19.5 Å². The summed E-state index contributed by atoms with van der Waals surface area (Å²) in [5.41, 5.74) is 4.83. The molecule has 0 aliphatic carbocycles. The monoisotopic (exact) mass is 478 g/mol. The molecule has 2 aromatic carbocycles. The second kappa shape index (κ2) is 8.75. The number of nitrogens with two attached hydrogens (primary N) is 1. The third kappa shape index (κ3) is 4.20. The van der Waals surface area contributed by atoms with E-state index in [0.29, 0.717) is 55.4 Å². The van der Waals surface area contributed by atoms with Crippen molar-refractivity contribution in [2.75, 3.05) is 19.7 Å². The maximum absolute atomic E-state index is 13.0. The molecular formula is C26H30N4O5. The molecule has 2 saturated heterocycles. The van der Waals surface area contributed by atoms with Gasteiger partial charge in [-0.15, -0.1) is 0 Å². The highest BCUT2D eigenvalue weighted by molar-refractivity contribution is 5.94. The summed E-state index contributed by atoms with van der Waals surface area (Å²) in [6.45, 7) is 3.14. The standard InChI is InChI=1S/C26H30N4O5/c1-25(34)16-35-26(10-12-29(13-11-26)23(32)18-8-6-17(15-27)7-9-18)14-21(25)30-20-5-3-2-4-19(20)22(31)28-24(30)33/h2-9,21,34H,10-16,27H2,1H3,(H,28,31,33)/t21-,25-/m0/s1. The van der Waals surface area contributed by atoms with E-state index in [0.717, 1.165) is 5.56 Å². The Morgan fingerprint density at radius 1 is 1.14 bits per heavy atom. The number of fused-ring (bicyclic) bond motifs is 1. The minimum absolute atomic E-state index is 0.0365. The molecule has 9 heteroatoms. The summed E-state index contributed by atoms with van der Waals surface area (Å²) < 4.78 is 7.72. The van der Waals surface area contributed by atoms with Crippen molar-refractivity contribution in [3.63, 3.8) is 0 Å². The quantitative estimate of drug-likeness (QED) is 0.523. The largest absolute Gasteiger partial charge is 0.386 e. The first-order valence-corrected chi connectivity index (χ1v) is 11.9. The number of carbonyl (C=O) groups is 1. The van der Waals surface area contributed by atoms with Crippen molar-refractivity contribution in [3.05, 3.63) is 80.5 Å². The molecule has 3 aromatic rings. The van der Waals surface area contributed by atoms with E-state index < -0.39 is 28.5 Å². The minimum atomic E-state index is -1.31. The summed E-state index contributed by atoms with van der Waals surface area (Å²) >= 11 is 0. The van der Waals surface area contributed by atoms with Gasteiger partial charge in [0.2, 0.25) is 0 Å². The van der Waals surface area contributed by atoms with Crippen LogP contribution in [0.25, 0.3) is 10.9 Å². The summed E-state index contributed by atoms with van der Waals surface area (Å²) in [4.78, 5) is 42.5. The van der Waals surface area contributed by atoms with E-state index in [2.05, 4.69) is 4.98 Å². The topological polar surface area (TPSA) is 131 Å². The second-order valence-electron chi connectivity index (χ2n) is 9.89. The fourth-order valence-electron chi connectivity index (χ4n) is 5.35. The molecule has 2 fully saturated rings. The molecule has 1 spiro atoms. The van der Waals surface area contributed by atoms with Gasteiger partial charge in [0.05, 0.1) is 29.2 Å². The number of benzene rings is 2. The molecule has 4 N–H and O–H groups in total. The SMILES string of the molecule is C[C@]1(O)COC2(CCN(C(=O)c3ccc(CN)cc3)CC2)C[C@@H]1n1c(=O)[nH]c(=O)c2ccccc21. The molecule has 1 amide bonds. The van der Waals surface area contributed by atoms with E-state index in [4.69, 9.17) is 10.5 Å². The lowest BCUT2D eigenvalue weighted by Gasteiger charge is -2.51. The molecule has 0 radical (unpaired) electrons. The van der Waals surface area contributed by atoms with Crippen molar-refractivity contribution < 1.29 is 14.6 Å². The number of aromatic amines is 1. The number of aromatic nitrogens is 2. The smallest absolute Gasteiger partial charge is 0.329 e.